The molecule has 1 aromatic heterocycles. The molecule has 0 radical (unpaired) electrons. The Morgan fingerprint density at radius 2 is 2.24 bits per heavy atom. The summed E-state index contributed by atoms with van der Waals surface area (Å²) in [5.41, 5.74) is 2.22. The number of aromatic nitrogens is 1. The topological polar surface area (TPSA) is 36.1 Å². The monoisotopic (exact) mass is 288 g/mol. The van der Waals surface area contributed by atoms with Crippen molar-refractivity contribution in [2.75, 3.05) is 6.54 Å². The van der Waals surface area contributed by atoms with Crippen molar-refractivity contribution in [2.45, 2.75) is 45.6 Å². The first kappa shape index (κ1) is 14.1. The zero-order chi connectivity index (χ0) is 15.0. The third kappa shape index (κ3) is 2.43. The lowest BCUT2D eigenvalue weighted by Crippen LogP contribution is -2.43. The zero-order valence-corrected chi connectivity index (χ0v) is 12.6. The number of piperidine rings is 1. The highest BCUT2D eigenvalue weighted by Gasteiger charge is 2.28. The minimum Gasteiger partial charge on any atom is -0.350 e. The van der Waals surface area contributed by atoms with Gasteiger partial charge in [0.25, 0.3) is 5.91 Å². The Kier molecular flexibility index (Phi) is 3.70. The summed E-state index contributed by atoms with van der Waals surface area (Å²) < 4.78 is 13.3. The fourth-order valence-electron chi connectivity index (χ4n) is 3.36. The summed E-state index contributed by atoms with van der Waals surface area (Å²) >= 11 is 0. The lowest BCUT2D eigenvalue weighted by Gasteiger charge is -2.35. The number of aromatic amines is 1. The minimum atomic E-state index is -0.285. The SMILES string of the molecule is CCC1CCCCN1C(=O)c1[nH]c2cc(F)ccc2c1C. The molecule has 4 heteroatoms. The van der Waals surface area contributed by atoms with Crippen molar-refractivity contribution in [2.24, 2.45) is 0 Å². The van der Waals surface area contributed by atoms with Crippen LogP contribution in [-0.2, 0) is 0 Å². The van der Waals surface area contributed by atoms with Crippen molar-refractivity contribution in [1.82, 2.24) is 9.88 Å². The molecule has 1 aromatic carbocycles. The molecule has 2 aromatic rings. The number of amides is 1. The Bertz CT molecular complexity index is 677. The predicted octanol–water partition coefficient (Wildman–Crippen LogP) is 4.02. The van der Waals surface area contributed by atoms with Crippen molar-refractivity contribution >= 4 is 16.8 Å². The van der Waals surface area contributed by atoms with Crippen LogP contribution < -0.4 is 0 Å². The van der Waals surface area contributed by atoms with E-state index in [4.69, 9.17) is 0 Å². The molecule has 0 spiro atoms. The molecule has 2 heterocycles. The maximum Gasteiger partial charge on any atom is 0.270 e. The third-order valence-corrected chi connectivity index (χ3v) is 4.59. The van der Waals surface area contributed by atoms with Gasteiger partial charge in [0.1, 0.15) is 11.5 Å². The smallest absolute Gasteiger partial charge is 0.270 e. The van der Waals surface area contributed by atoms with E-state index in [0.717, 1.165) is 36.8 Å². The van der Waals surface area contributed by atoms with Crippen LogP contribution in [0.4, 0.5) is 4.39 Å². The van der Waals surface area contributed by atoms with E-state index in [1.54, 1.807) is 6.07 Å². The van der Waals surface area contributed by atoms with E-state index in [1.165, 1.54) is 18.6 Å². The van der Waals surface area contributed by atoms with Gasteiger partial charge in [0.05, 0.1) is 0 Å². The molecule has 1 N–H and O–H groups in total. The number of rotatable bonds is 2. The molecule has 3 rings (SSSR count). The van der Waals surface area contributed by atoms with Crippen molar-refractivity contribution in [1.29, 1.82) is 0 Å². The molecule has 1 saturated heterocycles. The molecule has 0 aliphatic carbocycles. The number of carbonyl (C=O) groups excluding carboxylic acids is 1. The Hall–Kier alpha value is -1.84. The first-order chi connectivity index (χ1) is 10.1. The number of nitrogens with zero attached hydrogens (tertiary/aromatic N) is 1. The van der Waals surface area contributed by atoms with Crippen molar-refractivity contribution in [3.63, 3.8) is 0 Å². The molecule has 1 fully saturated rings. The van der Waals surface area contributed by atoms with Gasteiger partial charge in [-0.05, 0) is 56.4 Å². The quantitative estimate of drug-likeness (QED) is 0.890. The van der Waals surface area contributed by atoms with Crippen LogP contribution >= 0.6 is 0 Å². The fourth-order valence-corrected chi connectivity index (χ4v) is 3.36. The summed E-state index contributed by atoms with van der Waals surface area (Å²) in [5.74, 6) is -0.234. The average Bonchev–Trinajstić information content (AvgIpc) is 2.82. The van der Waals surface area contributed by atoms with Crippen LogP contribution in [-0.4, -0.2) is 28.4 Å². The molecule has 0 bridgehead atoms. The first-order valence-corrected chi connectivity index (χ1v) is 7.70. The zero-order valence-electron chi connectivity index (χ0n) is 12.6. The number of halogens is 1. The van der Waals surface area contributed by atoms with Crippen LogP contribution in [0.5, 0.6) is 0 Å². The molecule has 112 valence electrons. The Labute approximate surface area is 124 Å². The van der Waals surface area contributed by atoms with Crippen LogP contribution in [0.15, 0.2) is 18.2 Å². The second-order valence-electron chi connectivity index (χ2n) is 5.87. The second kappa shape index (κ2) is 5.51. The molecule has 1 atom stereocenters. The lowest BCUT2D eigenvalue weighted by atomic mass is 9.99. The number of aryl methyl sites for hydroxylation is 1. The van der Waals surface area contributed by atoms with Gasteiger partial charge in [-0.2, -0.15) is 0 Å². The minimum absolute atomic E-state index is 0.0515. The largest absolute Gasteiger partial charge is 0.350 e. The van der Waals surface area contributed by atoms with E-state index >= 15 is 0 Å². The maximum atomic E-state index is 13.3. The molecular formula is C17H21FN2O. The normalized spacial score (nSPS) is 19.2. The molecule has 0 saturated carbocycles. The van der Waals surface area contributed by atoms with Crippen molar-refractivity contribution in [3.05, 3.63) is 35.3 Å². The van der Waals surface area contributed by atoms with Crippen molar-refractivity contribution < 1.29 is 9.18 Å². The fraction of sp³-hybridized carbons (Fsp3) is 0.471. The average molecular weight is 288 g/mol. The number of nitrogens with one attached hydrogen (secondary N) is 1. The molecule has 21 heavy (non-hydrogen) atoms. The van der Waals surface area contributed by atoms with Crippen LogP contribution in [0.3, 0.4) is 0 Å². The van der Waals surface area contributed by atoms with Crippen LogP contribution in [0.1, 0.15) is 48.7 Å². The van der Waals surface area contributed by atoms with Crippen LogP contribution in [0.2, 0.25) is 0 Å². The molecule has 1 aliphatic heterocycles. The van der Waals surface area contributed by atoms with E-state index < -0.39 is 0 Å². The van der Waals surface area contributed by atoms with Gasteiger partial charge in [-0.25, -0.2) is 4.39 Å². The maximum absolute atomic E-state index is 13.3. The molecule has 3 nitrogen and oxygen atoms in total. The number of benzene rings is 1. The van der Waals surface area contributed by atoms with Gasteiger partial charge in [-0.3, -0.25) is 4.79 Å². The second-order valence-corrected chi connectivity index (χ2v) is 5.87. The molecule has 1 aliphatic rings. The number of likely N-dealkylation sites (tertiary alicyclic amines) is 1. The lowest BCUT2D eigenvalue weighted by molar-refractivity contribution is 0.0602. The van der Waals surface area contributed by atoms with Gasteiger partial charge < -0.3 is 9.88 Å². The molecule has 1 amide bonds. The number of hydrogen-bond acceptors (Lipinski definition) is 1. The highest BCUT2D eigenvalue weighted by molar-refractivity contribution is 6.01. The van der Waals surface area contributed by atoms with Crippen molar-refractivity contribution in [3.8, 4) is 0 Å². The summed E-state index contributed by atoms with van der Waals surface area (Å²) in [6, 6.07) is 4.95. The summed E-state index contributed by atoms with van der Waals surface area (Å²) in [6.45, 7) is 4.87. The van der Waals surface area contributed by atoms with Gasteiger partial charge in [-0.1, -0.05) is 6.92 Å². The summed E-state index contributed by atoms with van der Waals surface area (Å²) in [4.78, 5) is 17.9. The van der Waals surface area contributed by atoms with Gasteiger partial charge in [-0.15, -0.1) is 0 Å². The number of carbonyl (C=O) groups is 1. The molecular weight excluding hydrogens is 267 g/mol. The van der Waals surface area contributed by atoms with Gasteiger partial charge >= 0.3 is 0 Å². The van der Waals surface area contributed by atoms with E-state index in [1.807, 2.05) is 11.8 Å². The van der Waals surface area contributed by atoms with Gasteiger partial charge in [0.15, 0.2) is 0 Å². The highest BCUT2D eigenvalue weighted by Crippen LogP contribution is 2.27. The standard InChI is InChI=1S/C17H21FN2O/c1-3-13-6-4-5-9-20(13)17(21)16-11(2)14-8-7-12(18)10-15(14)19-16/h7-8,10,13,19H,3-6,9H2,1-2H3. The number of fused-ring (bicyclic) bond motifs is 1. The summed E-state index contributed by atoms with van der Waals surface area (Å²) in [7, 11) is 0. The summed E-state index contributed by atoms with van der Waals surface area (Å²) in [6.07, 6.45) is 4.32. The summed E-state index contributed by atoms with van der Waals surface area (Å²) in [5, 5.41) is 0.921. The highest BCUT2D eigenvalue weighted by atomic mass is 19.1. The Morgan fingerprint density at radius 3 is 3.00 bits per heavy atom. The van der Waals surface area contributed by atoms with E-state index in [9.17, 15) is 9.18 Å². The molecule has 1 unspecified atom stereocenters. The van der Waals surface area contributed by atoms with Gasteiger partial charge in [0.2, 0.25) is 0 Å². The first-order valence-electron chi connectivity index (χ1n) is 7.70. The van der Waals surface area contributed by atoms with E-state index in [0.29, 0.717) is 17.3 Å². The van der Waals surface area contributed by atoms with Gasteiger partial charge in [0, 0.05) is 23.5 Å². The van der Waals surface area contributed by atoms with E-state index in [2.05, 4.69) is 11.9 Å². The Balaban J connectivity index is 1.99. The number of H-pyrrole nitrogens is 1. The predicted molar refractivity (Wildman–Crippen MR) is 82.0 cm³/mol. The third-order valence-electron chi connectivity index (χ3n) is 4.59. The van der Waals surface area contributed by atoms with E-state index in [-0.39, 0.29) is 11.7 Å². The Morgan fingerprint density at radius 1 is 1.43 bits per heavy atom. The van der Waals surface area contributed by atoms with Crippen LogP contribution in [0, 0.1) is 12.7 Å². The van der Waals surface area contributed by atoms with Crippen LogP contribution in [0.25, 0.3) is 10.9 Å². The number of hydrogen-bond donors (Lipinski definition) is 1.